The van der Waals surface area contributed by atoms with Gasteiger partial charge in [-0.05, 0) is 30.9 Å². The summed E-state index contributed by atoms with van der Waals surface area (Å²) in [4.78, 5) is 0. The van der Waals surface area contributed by atoms with E-state index in [0.717, 1.165) is 18.3 Å². The number of rotatable bonds is 7. The molecule has 0 amide bonds. The predicted molar refractivity (Wildman–Crippen MR) is 65.2 cm³/mol. The number of benzene rings is 1. The SMILES string of the molecule is CCC(CC)CCCOc1ccccc1. The van der Waals surface area contributed by atoms with E-state index in [1.807, 2.05) is 30.3 Å². The molecule has 0 aliphatic heterocycles. The van der Waals surface area contributed by atoms with Crippen molar-refractivity contribution >= 4 is 0 Å². The van der Waals surface area contributed by atoms with Gasteiger partial charge in [-0.2, -0.15) is 0 Å². The van der Waals surface area contributed by atoms with Crippen LogP contribution >= 0.6 is 0 Å². The molecule has 1 heteroatoms. The summed E-state index contributed by atoms with van der Waals surface area (Å²) in [7, 11) is 0. The van der Waals surface area contributed by atoms with Crippen molar-refractivity contribution in [2.45, 2.75) is 39.5 Å². The molecule has 0 aromatic heterocycles. The highest BCUT2D eigenvalue weighted by molar-refractivity contribution is 5.20. The summed E-state index contributed by atoms with van der Waals surface area (Å²) >= 11 is 0. The van der Waals surface area contributed by atoms with E-state index < -0.39 is 0 Å². The van der Waals surface area contributed by atoms with Gasteiger partial charge in [0.15, 0.2) is 0 Å². The Morgan fingerprint density at radius 2 is 1.73 bits per heavy atom. The van der Waals surface area contributed by atoms with Gasteiger partial charge in [0.1, 0.15) is 5.75 Å². The predicted octanol–water partition coefficient (Wildman–Crippen LogP) is 4.28. The van der Waals surface area contributed by atoms with Gasteiger partial charge in [0.2, 0.25) is 0 Å². The third-order valence-corrected chi connectivity index (χ3v) is 2.92. The molecule has 0 spiro atoms. The first kappa shape index (κ1) is 12.1. The highest BCUT2D eigenvalue weighted by Crippen LogP contribution is 2.15. The third kappa shape index (κ3) is 4.87. The maximum atomic E-state index is 5.65. The van der Waals surface area contributed by atoms with Gasteiger partial charge in [-0.15, -0.1) is 0 Å². The van der Waals surface area contributed by atoms with Crippen LogP contribution in [0.15, 0.2) is 30.3 Å². The number of para-hydroxylation sites is 1. The Hall–Kier alpha value is -0.980. The lowest BCUT2D eigenvalue weighted by Crippen LogP contribution is -2.02. The van der Waals surface area contributed by atoms with Crippen molar-refractivity contribution in [3.8, 4) is 5.75 Å². The second-order valence-corrected chi connectivity index (χ2v) is 3.99. The number of hydrogen-bond donors (Lipinski definition) is 0. The van der Waals surface area contributed by atoms with Crippen molar-refractivity contribution in [3.63, 3.8) is 0 Å². The summed E-state index contributed by atoms with van der Waals surface area (Å²) in [5, 5.41) is 0. The minimum absolute atomic E-state index is 0.848. The molecular weight excluding hydrogens is 184 g/mol. The van der Waals surface area contributed by atoms with E-state index in [9.17, 15) is 0 Å². The van der Waals surface area contributed by atoms with Gasteiger partial charge in [-0.1, -0.05) is 44.9 Å². The molecule has 15 heavy (non-hydrogen) atoms. The quantitative estimate of drug-likeness (QED) is 0.605. The zero-order valence-corrected chi connectivity index (χ0v) is 9.91. The van der Waals surface area contributed by atoms with Gasteiger partial charge in [-0.25, -0.2) is 0 Å². The summed E-state index contributed by atoms with van der Waals surface area (Å²) in [5.41, 5.74) is 0. The van der Waals surface area contributed by atoms with Crippen LogP contribution in [0.3, 0.4) is 0 Å². The molecule has 0 atom stereocenters. The first-order chi connectivity index (χ1) is 7.36. The second-order valence-electron chi connectivity index (χ2n) is 3.99. The van der Waals surface area contributed by atoms with Crippen LogP contribution in [0.1, 0.15) is 39.5 Å². The fraction of sp³-hybridized carbons (Fsp3) is 0.571. The zero-order valence-electron chi connectivity index (χ0n) is 9.91. The fourth-order valence-corrected chi connectivity index (χ4v) is 1.78. The largest absolute Gasteiger partial charge is 0.494 e. The van der Waals surface area contributed by atoms with Crippen molar-refractivity contribution in [3.05, 3.63) is 30.3 Å². The molecule has 0 bridgehead atoms. The lowest BCUT2D eigenvalue weighted by molar-refractivity contribution is 0.288. The van der Waals surface area contributed by atoms with Crippen LogP contribution in [0.2, 0.25) is 0 Å². The Morgan fingerprint density at radius 1 is 1.07 bits per heavy atom. The zero-order chi connectivity index (χ0) is 10.9. The summed E-state index contributed by atoms with van der Waals surface area (Å²) in [6.45, 7) is 5.39. The summed E-state index contributed by atoms with van der Waals surface area (Å²) in [6, 6.07) is 10.1. The van der Waals surface area contributed by atoms with E-state index >= 15 is 0 Å². The molecule has 1 rings (SSSR count). The van der Waals surface area contributed by atoms with E-state index in [0.29, 0.717) is 0 Å². The summed E-state index contributed by atoms with van der Waals surface area (Å²) < 4.78 is 5.65. The molecule has 0 saturated carbocycles. The van der Waals surface area contributed by atoms with Crippen molar-refractivity contribution in [1.29, 1.82) is 0 Å². The highest BCUT2D eigenvalue weighted by Gasteiger charge is 2.02. The van der Waals surface area contributed by atoms with E-state index in [-0.39, 0.29) is 0 Å². The van der Waals surface area contributed by atoms with Gasteiger partial charge in [-0.3, -0.25) is 0 Å². The third-order valence-electron chi connectivity index (χ3n) is 2.92. The standard InChI is InChI=1S/C14H22O/c1-3-13(4-2)9-8-12-15-14-10-6-5-7-11-14/h5-7,10-11,13H,3-4,8-9,12H2,1-2H3. The van der Waals surface area contributed by atoms with Crippen LogP contribution in [-0.4, -0.2) is 6.61 Å². The van der Waals surface area contributed by atoms with E-state index in [4.69, 9.17) is 4.74 Å². The number of hydrogen-bond acceptors (Lipinski definition) is 1. The average Bonchev–Trinajstić information content (AvgIpc) is 2.31. The molecule has 0 aliphatic carbocycles. The molecule has 0 aliphatic rings. The first-order valence-corrected chi connectivity index (χ1v) is 6.04. The molecule has 0 radical (unpaired) electrons. The Kier molecular flexibility index (Phi) is 5.91. The normalized spacial score (nSPS) is 10.6. The Labute approximate surface area is 93.5 Å². The molecule has 0 saturated heterocycles. The van der Waals surface area contributed by atoms with E-state index in [2.05, 4.69) is 13.8 Å². The topological polar surface area (TPSA) is 9.23 Å². The smallest absolute Gasteiger partial charge is 0.119 e. The summed E-state index contributed by atoms with van der Waals surface area (Å²) in [6.07, 6.45) is 5.05. The Bertz CT molecular complexity index is 239. The van der Waals surface area contributed by atoms with E-state index in [1.165, 1.54) is 25.7 Å². The molecule has 1 nitrogen and oxygen atoms in total. The minimum atomic E-state index is 0.848. The van der Waals surface area contributed by atoms with Crippen LogP contribution in [0, 0.1) is 5.92 Å². The average molecular weight is 206 g/mol. The lowest BCUT2D eigenvalue weighted by atomic mass is 9.98. The van der Waals surface area contributed by atoms with Crippen molar-refractivity contribution in [1.82, 2.24) is 0 Å². The van der Waals surface area contributed by atoms with Crippen molar-refractivity contribution in [2.75, 3.05) is 6.61 Å². The maximum absolute atomic E-state index is 5.65. The van der Waals surface area contributed by atoms with Gasteiger partial charge < -0.3 is 4.74 Å². The fourth-order valence-electron chi connectivity index (χ4n) is 1.78. The van der Waals surface area contributed by atoms with Crippen LogP contribution in [-0.2, 0) is 0 Å². The molecule has 0 unspecified atom stereocenters. The van der Waals surface area contributed by atoms with Crippen molar-refractivity contribution < 1.29 is 4.74 Å². The molecule has 1 aromatic rings. The van der Waals surface area contributed by atoms with Crippen LogP contribution in [0.25, 0.3) is 0 Å². The van der Waals surface area contributed by atoms with Crippen LogP contribution < -0.4 is 4.74 Å². The first-order valence-electron chi connectivity index (χ1n) is 6.04. The van der Waals surface area contributed by atoms with Crippen LogP contribution in [0.4, 0.5) is 0 Å². The van der Waals surface area contributed by atoms with Gasteiger partial charge >= 0.3 is 0 Å². The van der Waals surface area contributed by atoms with Crippen LogP contribution in [0.5, 0.6) is 5.75 Å². The lowest BCUT2D eigenvalue weighted by Gasteiger charge is -2.12. The van der Waals surface area contributed by atoms with Crippen molar-refractivity contribution in [2.24, 2.45) is 5.92 Å². The van der Waals surface area contributed by atoms with Gasteiger partial charge in [0.25, 0.3) is 0 Å². The van der Waals surface area contributed by atoms with E-state index in [1.54, 1.807) is 0 Å². The Balaban J connectivity index is 2.12. The molecular formula is C14H22O. The van der Waals surface area contributed by atoms with Gasteiger partial charge in [0, 0.05) is 0 Å². The number of ether oxygens (including phenoxy) is 1. The molecule has 0 fully saturated rings. The molecule has 1 aromatic carbocycles. The minimum Gasteiger partial charge on any atom is -0.494 e. The monoisotopic (exact) mass is 206 g/mol. The molecule has 84 valence electrons. The second kappa shape index (κ2) is 7.33. The maximum Gasteiger partial charge on any atom is 0.119 e. The molecule has 0 heterocycles. The highest BCUT2D eigenvalue weighted by atomic mass is 16.5. The summed E-state index contributed by atoms with van der Waals surface area (Å²) in [5.74, 6) is 1.87. The molecule has 0 N–H and O–H groups in total. The Morgan fingerprint density at radius 3 is 2.33 bits per heavy atom. The van der Waals surface area contributed by atoms with Gasteiger partial charge in [0.05, 0.1) is 6.61 Å².